The molecule has 3 heterocycles. The number of pyridine rings is 1. The molecular weight excluding hydrogens is 384 g/mol. The number of aromatic nitrogens is 5. The van der Waals surface area contributed by atoms with Gasteiger partial charge in [0.15, 0.2) is 11.6 Å². The Kier molecular flexibility index (Phi) is 5.26. The van der Waals surface area contributed by atoms with Gasteiger partial charge in [-0.1, -0.05) is 0 Å². The number of hydrogen-bond donors (Lipinski definition) is 2. The van der Waals surface area contributed by atoms with Crippen LogP contribution in [-0.2, 0) is 0 Å². The molecule has 2 N–H and O–H groups in total. The van der Waals surface area contributed by atoms with Gasteiger partial charge in [0.2, 0.25) is 5.88 Å². The zero-order valence-corrected chi connectivity index (χ0v) is 15.4. The highest BCUT2D eigenvalue weighted by atomic mass is 16.5. The zero-order valence-electron chi connectivity index (χ0n) is 15.4. The first-order chi connectivity index (χ1) is 14.7. The lowest BCUT2D eigenvalue weighted by molar-refractivity contribution is 0.0962. The van der Waals surface area contributed by atoms with Crippen LogP contribution in [0.25, 0.3) is 5.82 Å². The van der Waals surface area contributed by atoms with Crippen LogP contribution >= 0.6 is 0 Å². The topological polar surface area (TPSA) is 131 Å². The third-order valence-corrected chi connectivity index (χ3v) is 3.93. The van der Waals surface area contributed by atoms with Crippen molar-refractivity contribution in [2.75, 3.05) is 5.43 Å². The molecular formula is C20H14N8O2. The molecule has 1 aromatic carbocycles. The van der Waals surface area contributed by atoms with E-state index in [1.54, 1.807) is 71.8 Å². The molecule has 3 aromatic heterocycles. The van der Waals surface area contributed by atoms with Crippen molar-refractivity contribution in [3.8, 4) is 23.5 Å². The fraction of sp³-hybridized carbons (Fsp3) is 0. The van der Waals surface area contributed by atoms with Gasteiger partial charge in [0, 0.05) is 30.2 Å². The summed E-state index contributed by atoms with van der Waals surface area (Å²) < 4.78 is 7.31. The van der Waals surface area contributed by atoms with Crippen LogP contribution in [0, 0.1) is 11.3 Å². The maximum Gasteiger partial charge on any atom is 0.269 e. The Morgan fingerprint density at radius 2 is 1.93 bits per heavy atom. The van der Waals surface area contributed by atoms with Crippen LogP contribution < -0.4 is 15.6 Å². The van der Waals surface area contributed by atoms with E-state index in [1.165, 1.54) is 6.20 Å². The van der Waals surface area contributed by atoms with Gasteiger partial charge in [-0.05, 0) is 42.5 Å². The summed E-state index contributed by atoms with van der Waals surface area (Å²) in [6.45, 7) is 0. The van der Waals surface area contributed by atoms with Gasteiger partial charge in [0.1, 0.15) is 18.1 Å². The van der Waals surface area contributed by atoms with Crippen molar-refractivity contribution in [3.05, 3.63) is 84.6 Å². The second-order valence-electron chi connectivity index (χ2n) is 5.95. The molecule has 146 valence electrons. The first kappa shape index (κ1) is 18.6. The fourth-order valence-corrected chi connectivity index (χ4v) is 2.42. The Morgan fingerprint density at radius 3 is 2.57 bits per heavy atom. The average Bonchev–Trinajstić information content (AvgIpc) is 3.34. The van der Waals surface area contributed by atoms with Crippen molar-refractivity contribution < 1.29 is 9.53 Å². The molecule has 0 saturated heterocycles. The van der Waals surface area contributed by atoms with Crippen LogP contribution in [0.1, 0.15) is 15.9 Å². The largest absolute Gasteiger partial charge is 0.439 e. The number of anilines is 1. The van der Waals surface area contributed by atoms with Crippen molar-refractivity contribution >= 4 is 11.7 Å². The van der Waals surface area contributed by atoms with Gasteiger partial charge >= 0.3 is 0 Å². The van der Waals surface area contributed by atoms with Gasteiger partial charge in [-0.25, -0.2) is 9.97 Å². The standard InChI is InChI=1S/C20H14N8O2/c21-11-14-1-8-19(23-12-14)30-16-4-2-15(3-5-16)20(29)27-25-17-6-7-18(26-24-17)28-10-9-22-13-28/h1-10,12-13H,(H,24,25)(H,27,29). The van der Waals surface area contributed by atoms with Crippen LogP contribution in [-0.4, -0.2) is 30.6 Å². The van der Waals surface area contributed by atoms with E-state index in [2.05, 4.69) is 31.0 Å². The maximum atomic E-state index is 12.3. The van der Waals surface area contributed by atoms with Crippen molar-refractivity contribution in [2.24, 2.45) is 0 Å². The molecule has 0 radical (unpaired) electrons. The summed E-state index contributed by atoms with van der Waals surface area (Å²) >= 11 is 0. The Labute approximate surface area is 170 Å². The quantitative estimate of drug-likeness (QED) is 0.474. The maximum absolute atomic E-state index is 12.3. The minimum atomic E-state index is -0.349. The number of nitrogens with zero attached hydrogens (tertiary/aromatic N) is 6. The summed E-state index contributed by atoms with van der Waals surface area (Å²) in [5.41, 5.74) is 6.14. The molecule has 4 aromatic rings. The number of hydrazine groups is 1. The van der Waals surface area contributed by atoms with Crippen molar-refractivity contribution in [1.82, 2.24) is 30.2 Å². The Hall–Kier alpha value is -4.78. The summed E-state index contributed by atoms with van der Waals surface area (Å²) in [5, 5.41) is 16.8. The summed E-state index contributed by atoms with van der Waals surface area (Å²) in [5.74, 6) is 1.51. The van der Waals surface area contributed by atoms with Gasteiger partial charge in [0.25, 0.3) is 5.91 Å². The second-order valence-corrected chi connectivity index (χ2v) is 5.95. The molecule has 0 atom stereocenters. The molecule has 1 amide bonds. The summed E-state index contributed by atoms with van der Waals surface area (Å²) in [4.78, 5) is 20.3. The monoisotopic (exact) mass is 398 g/mol. The highest BCUT2D eigenvalue weighted by Crippen LogP contribution is 2.20. The van der Waals surface area contributed by atoms with Gasteiger partial charge in [0.05, 0.1) is 5.56 Å². The van der Waals surface area contributed by atoms with Gasteiger partial charge in [-0.3, -0.25) is 20.2 Å². The smallest absolute Gasteiger partial charge is 0.269 e. The SMILES string of the molecule is N#Cc1ccc(Oc2ccc(C(=O)NNc3ccc(-n4ccnc4)nn3)cc2)nc1. The van der Waals surface area contributed by atoms with E-state index < -0.39 is 0 Å². The summed E-state index contributed by atoms with van der Waals surface area (Å²) in [7, 11) is 0. The molecule has 30 heavy (non-hydrogen) atoms. The van der Waals surface area contributed by atoms with Crippen LogP contribution in [0.4, 0.5) is 5.82 Å². The van der Waals surface area contributed by atoms with Crippen molar-refractivity contribution in [3.63, 3.8) is 0 Å². The van der Waals surface area contributed by atoms with Gasteiger partial charge in [-0.15, -0.1) is 10.2 Å². The number of carbonyl (C=O) groups excluding carboxylic acids is 1. The van der Waals surface area contributed by atoms with E-state index in [-0.39, 0.29) is 5.91 Å². The fourth-order valence-electron chi connectivity index (χ4n) is 2.42. The number of rotatable bonds is 6. The molecule has 10 heteroatoms. The molecule has 0 saturated carbocycles. The van der Waals surface area contributed by atoms with E-state index >= 15 is 0 Å². The number of nitrogens with one attached hydrogen (secondary N) is 2. The van der Waals surface area contributed by atoms with E-state index in [9.17, 15) is 4.79 Å². The highest BCUT2D eigenvalue weighted by molar-refractivity contribution is 5.94. The second kappa shape index (κ2) is 8.49. The Morgan fingerprint density at radius 1 is 1.07 bits per heavy atom. The first-order valence-electron chi connectivity index (χ1n) is 8.74. The molecule has 0 aliphatic rings. The first-order valence-corrected chi connectivity index (χ1v) is 8.74. The normalized spacial score (nSPS) is 10.1. The van der Waals surface area contributed by atoms with E-state index in [0.717, 1.165) is 0 Å². The van der Waals surface area contributed by atoms with Crippen LogP contribution in [0.5, 0.6) is 11.6 Å². The lowest BCUT2D eigenvalue weighted by Gasteiger charge is -2.09. The van der Waals surface area contributed by atoms with Crippen LogP contribution in [0.2, 0.25) is 0 Å². The van der Waals surface area contributed by atoms with Gasteiger partial charge < -0.3 is 4.74 Å². The molecule has 0 fully saturated rings. The molecule has 0 unspecified atom stereocenters. The third kappa shape index (κ3) is 4.37. The molecule has 0 aliphatic heterocycles. The van der Waals surface area contributed by atoms with E-state index in [1.807, 2.05) is 6.07 Å². The number of carbonyl (C=O) groups is 1. The molecule has 0 bridgehead atoms. The molecule has 0 aliphatic carbocycles. The number of benzene rings is 1. The minimum absolute atomic E-state index is 0.349. The number of imidazole rings is 1. The average molecular weight is 398 g/mol. The number of hydrogen-bond acceptors (Lipinski definition) is 8. The predicted molar refractivity (Wildman–Crippen MR) is 106 cm³/mol. The van der Waals surface area contributed by atoms with E-state index in [4.69, 9.17) is 10.00 Å². The lowest BCUT2D eigenvalue weighted by Crippen LogP contribution is -2.29. The number of amides is 1. The molecule has 0 spiro atoms. The van der Waals surface area contributed by atoms with Crippen molar-refractivity contribution in [1.29, 1.82) is 5.26 Å². The molecule has 4 rings (SSSR count). The Bertz CT molecular complexity index is 1170. The van der Waals surface area contributed by atoms with Crippen molar-refractivity contribution in [2.45, 2.75) is 0 Å². The van der Waals surface area contributed by atoms with Crippen LogP contribution in [0.3, 0.4) is 0 Å². The molecule has 10 nitrogen and oxygen atoms in total. The van der Waals surface area contributed by atoms with E-state index in [0.29, 0.717) is 34.4 Å². The third-order valence-electron chi connectivity index (χ3n) is 3.93. The Balaban J connectivity index is 1.32. The number of nitriles is 1. The van der Waals surface area contributed by atoms with Crippen LogP contribution in [0.15, 0.2) is 73.4 Å². The number of ether oxygens (including phenoxy) is 1. The minimum Gasteiger partial charge on any atom is -0.439 e. The predicted octanol–water partition coefficient (Wildman–Crippen LogP) is 2.48. The van der Waals surface area contributed by atoms with Gasteiger partial charge in [-0.2, -0.15) is 5.26 Å². The lowest BCUT2D eigenvalue weighted by atomic mass is 10.2. The zero-order chi connectivity index (χ0) is 20.8. The summed E-state index contributed by atoms with van der Waals surface area (Å²) in [6, 6.07) is 15.2. The summed E-state index contributed by atoms with van der Waals surface area (Å²) in [6.07, 6.45) is 6.44. The highest BCUT2D eigenvalue weighted by Gasteiger charge is 2.07.